The summed E-state index contributed by atoms with van der Waals surface area (Å²) in [6.07, 6.45) is 0.949. The van der Waals surface area contributed by atoms with Gasteiger partial charge in [0.25, 0.3) is 0 Å². The first-order chi connectivity index (χ1) is 8.74. The van der Waals surface area contributed by atoms with Gasteiger partial charge in [-0.15, -0.1) is 0 Å². The third-order valence-electron chi connectivity index (χ3n) is 3.00. The van der Waals surface area contributed by atoms with Crippen molar-refractivity contribution in [3.63, 3.8) is 0 Å². The molecule has 18 heavy (non-hydrogen) atoms. The van der Waals surface area contributed by atoms with Crippen LogP contribution in [-0.4, -0.2) is 6.61 Å². The standard InChI is InChI=1S/C16H19NO/c1-3-12-10-14(8-9-16(12)17)13-6-5-7-15(11-13)18-4-2/h5-11H,3-4,17H2,1-2H3. The lowest BCUT2D eigenvalue weighted by Gasteiger charge is -2.09. The molecule has 94 valence electrons. The van der Waals surface area contributed by atoms with Crippen LogP contribution in [0.15, 0.2) is 42.5 Å². The summed E-state index contributed by atoms with van der Waals surface area (Å²) in [6.45, 7) is 4.79. The molecule has 0 aliphatic heterocycles. The van der Waals surface area contributed by atoms with E-state index >= 15 is 0 Å². The van der Waals surface area contributed by atoms with E-state index in [1.165, 1.54) is 11.1 Å². The van der Waals surface area contributed by atoms with Crippen LogP contribution in [0, 0.1) is 0 Å². The van der Waals surface area contributed by atoms with Gasteiger partial charge in [-0.1, -0.05) is 25.1 Å². The molecule has 0 heterocycles. The van der Waals surface area contributed by atoms with E-state index in [-0.39, 0.29) is 0 Å². The van der Waals surface area contributed by atoms with Crippen LogP contribution in [0.5, 0.6) is 5.75 Å². The molecule has 0 saturated heterocycles. The Balaban J connectivity index is 2.38. The van der Waals surface area contributed by atoms with E-state index in [0.717, 1.165) is 23.4 Å². The van der Waals surface area contributed by atoms with E-state index in [2.05, 4.69) is 31.2 Å². The van der Waals surface area contributed by atoms with Crippen molar-refractivity contribution in [2.24, 2.45) is 0 Å². The summed E-state index contributed by atoms with van der Waals surface area (Å²) >= 11 is 0. The van der Waals surface area contributed by atoms with Gasteiger partial charge in [-0.05, 0) is 54.3 Å². The van der Waals surface area contributed by atoms with Crippen molar-refractivity contribution in [2.45, 2.75) is 20.3 Å². The summed E-state index contributed by atoms with van der Waals surface area (Å²) < 4.78 is 5.52. The molecule has 0 aliphatic rings. The Morgan fingerprint density at radius 1 is 1.00 bits per heavy atom. The molecule has 2 rings (SSSR count). The monoisotopic (exact) mass is 241 g/mol. The van der Waals surface area contributed by atoms with Crippen LogP contribution < -0.4 is 10.5 Å². The fourth-order valence-electron chi connectivity index (χ4n) is 2.02. The van der Waals surface area contributed by atoms with Crippen molar-refractivity contribution in [3.8, 4) is 16.9 Å². The van der Waals surface area contributed by atoms with Crippen LogP contribution in [0.4, 0.5) is 5.69 Å². The molecule has 0 amide bonds. The molecule has 0 aromatic heterocycles. The normalized spacial score (nSPS) is 10.3. The summed E-state index contributed by atoms with van der Waals surface area (Å²) in [7, 11) is 0. The van der Waals surface area contributed by atoms with Crippen LogP contribution in [0.3, 0.4) is 0 Å². The Kier molecular flexibility index (Phi) is 3.88. The zero-order chi connectivity index (χ0) is 13.0. The third-order valence-corrected chi connectivity index (χ3v) is 3.00. The molecule has 2 nitrogen and oxygen atoms in total. The largest absolute Gasteiger partial charge is 0.494 e. The van der Waals surface area contributed by atoms with Gasteiger partial charge in [0.2, 0.25) is 0 Å². The number of ether oxygens (including phenoxy) is 1. The van der Waals surface area contributed by atoms with Gasteiger partial charge in [0.05, 0.1) is 6.61 Å². The number of hydrogen-bond acceptors (Lipinski definition) is 2. The predicted molar refractivity (Wildman–Crippen MR) is 76.8 cm³/mol. The van der Waals surface area contributed by atoms with Crippen LogP contribution in [-0.2, 0) is 6.42 Å². The SMILES string of the molecule is CCOc1cccc(-c2ccc(N)c(CC)c2)c1. The zero-order valence-corrected chi connectivity index (χ0v) is 10.9. The summed E-state index contributed by atoms with van der Waals surface area (Å²) in [5.74, 6) is 0.907. The Morgan fingerprint density at radius 2 is 1.78 bits per heavy atom. The van der Waals surface area contributed by atoms with E-state index in [1.54, 1.807) is 0 Å². The fraction of sp³-hybridized carbons (Fsp3) is 0.250. The topological polar surface area (TPSA) is 35.2 Å². The lowest BCUT2D eigenvalue weighted by atomic mass is 10.0. The Labute approximate surface area is 108 Å². The van der Waals surface area contributed by atoms with E-state index in [1.807, 2.05) is 25.1 Å². The molecule has 2 heteroatoms. The maximum absolute atomic E-state index is 5.93. The summed E-state index contributed by atoms with van der Waals surface area (Å²) in [5, 5.41) is 0. The van der Waals surface area contributed by atoms with Gasteiger partial charge in [0.15, 0.2) is 0 Å². The Morgan fingerprint density at radius 3 is 2.50 bits per heavy atom. The lowest BCUT2D eigenvalue weighted by molar-refractivity contribution is 0.340. The molecule has 0 spiro atoms. The van der Waals surface area contributed by atoms with Crippen molar-refractivity contribution in [3.05, 3.63) is 48.0 Å². The minimum Gasteiger partial charge on any atom is -0.494 e. The molecule has 0 atom stereocenters. The first-order valence-corrected chi connectivity index (χ1v) is 6.36. The second kappa shape index (κ2) is 5.58. The minimum atomic E-state index is 0.686. The average Bonchev–Trinajstić information content (AvgIpc) is 2.40. The van der Waals surface area contributed by atoms with Gasteiger partial charge in [0, 0.05) is 5.69 Å². The Hall–Kier alpha value is -1.96. The first-order valence-electron chi connectivity index (χ1n) is 6.36. The number of hydrogen-bond donors (Lipinski definition) is 1. The van der Waals surface area contributed by atoms with Crippen molar-refractivity contribution >= 4 is 5.69 Å². The van der Waals surface area contributed by atoms with Gasteiger partial charge < -0.3 is 10.5 Å². The van der Waals surface area contributed by atoms with Gasteiger partial charge in [-0.2, -0.15) is 0 Å². The molecule has 2 aromatic rings. The predicted octanol–water partition coefficient (Wildman–Crippen LogP) is 3.90. The van der Waals surface area contributed by atoms with Crippen molar-refractivity contribution < 1.29 is 4.74 Å². The van der Waals surface area contributed by atoms with Crippen LogP contribution in [0.1, 0.15) is 19.4 Å². The second-order valence-corrected chi connectivity index (χ2v) is 4.23. The highest BCUT2D eigenvalue weighted by Gasteiger charge is 2.03. The van der Waals surface area contributed by atoms with Crippen LogP contribution >= 0.6 is 0 Å². The minimum absolute atomic E-state index is 0.686. The van der Waals surface area contributed by atoms with E-state index < -0.39 is 0 Å². The average molecular weight is 241 g/mol. The number of nitrogens with two attached hydrogens (primary N) is 1. The van der Waals surface area contributed by atoms with E-state index in [9.17, 15) is 0 Å². The maximum Gasteiger partial charge on any atom is 0.119 e. The van der Waals surface area contributed by atoms with Crippen molar-refractivity contribution in [2.75, 3.05) is 12.3 Å². The smallest absolute Gasteiger partial charge is 0.119 e. The lowest BCUT2D eigenvalue weighted by Crippen LogP contribution is -1.94. The highest BCUT2D eigenvalue weighted by Crippen LogP contribution is 2.27. The second-order valence-electron chi connectivity index (χ2n) is 4.23. The first kappa shape index (κ1) is 12.5. The molecular weight excluding hydrogens is 222 g/mol. The molecule has 0 aliphatic carbocycles. The molecule has 0 fully saturated rings. The van der Waals surface area contributed by atoms with E-state index in [4.69, 9.17) is 10.5 Å². The van der Waals surface area contributed by atoms with Gasteiger partial charge in [0.1, 0.15) is 5.75 Å². The number of anilines is 1. The number of benzene rings is 2. The molecule has 2 N–H and O–H groups in total. The molecule has 0 radical (unpaired) electrons. The zero-order valence-electron chi connectivity index (χ0n) is 10.9. The van der Waals surface area contributed by atoms with Crippen molar-refractivity contribution in [1.82, 2.24) is 0 Å². The van der Waals surface area contributed by atoms with Gasteiger partial charge in [-0.3, -0.25) is 0 Å². The highest BCUT2D eigenvalue weighted by molar-refractivity contribution is 5.69. The molecular formula is C16H19NO. The number of aryl methyl sites for hydroxylation is 1. The summed E-state index contributed by atoms with van der Waals surface area (Å²) in [5.41, 5.74) is 10.3. The molecule has 2 aromatic carbocycles. The molecule has 0 saturated carbocycles. The van der Waals surface area contributed by atoms with E-state index in [0.29, 0.717) is 6.61 Å². The quantitative estimate of drug-likeness (QED) is 0.824. The van der Waals surface area contributed by atoms with Crippen LogP contribution in [0.2, 0.25) is 0 Å². The molecule has 0 bridgehead atoms. The number of nitrogen functional groups attached to an aromatic ring is 1. The van der Waals surface area contributed by atoms with Gasteiger partial charge in [-0.25, -0.2) is 0 Å². The van der Waals surface area contributed by atoms with Crippen molar-refractivity contribution in [1.29, 1.82) is 0 Å². The Bertz CT molecular complexity index is 534. The summed E-state index contributed by atoms with van der Waals surface area (Å²) in [6, 6.07) is 14.3. The molecule has 0 unspecified atom stereocenters. The fourth-order valence-corrected chi connectivity index (χ4v) is 2.02. The third kappa shape index (κ3) is 2.65. The highest BCUT2D eigenvalue weighted by atomic mass is 16.5. The number of rotatable bonds is 4. The maximum atomic E-state index is 5.93. The van der Waals surface area contributed by atoms with Crippen LogP contribution in [0.25, 0.3) is 11.1 Å². The summed E-state index contributed by atoms with van der Waals surface area (Å²) in [4.78, 5) is 0. The van der Waals surface area contributed by atoms with Gasteiger partial charge >= 0.3 is 0 Å².